The summed E-state index contributed by atoms with van der Waals surface area (Å²) >= 11 is 12.5. The third kappa shape index (κ3) is 4.76. The molecule has 0 aliphatic rings. The summed E-state index contributed by atoms with van der Waals surface area (Å²) < 4.78 is 37.2. The van der Waals surface area contributed by atoms with E-state index in [0.29, 0.717) is 4.34 Å². The normalized spacial score (nSPS) is 12.2. The van der Waals surface area contributed by atoms with E-state index in [1.165, 1.54) is 6.07 Å². The molecular formula is C10H10Cl2F3NOS. The number of hydrogen-bond acceptors (Lipinski definition) is 3. The lowest BCUT2D eigenvalue weighted by atomic mass is 10.2. The first-order chi connectivity index (χ1) is 8.23. The molecule has 2 nitrogen and oxygen atoms in total. The molecule has 0 aromatic carbocycles. The number of rotatable bonds is 5. The van der Waals surface area contributed by atoms with E-state index in [9.17, 15) is 18.0 Å². The van der Waals surface area contributed by atoms with E-state index in [-0.39, 0.29) is 23.0 Å². The van der Waals surface area contributed by atoms with Gasteiger partial charge in [0.1, 0.15) is 4.34 Å². The number of thiophene rings is 1. The van der Waals surface area contributed by atoms with Gasteiger partial charge in [-0.25, -0.2) is 0 Å². The summed E-state index contributed by atoms with van der Waals surface area (Å²) in [6.45, 7) is 0.232. The van der Waals surface area contributed by atoms with Crippen molar-refractivity contribution in [2.75, 3.05) is 19.6 Å². The molecule has 1 aromatic heterocycles. The van der Waals surface area contributed by atoms with E-state index in [2.05, 4.69) is 0 Å². The van der Waals surface area contributed by atoms with Crippen LogP contribution in [0.3, 0.4) is 0 Å². The van der Waals surface area contributed by atoms with E-state index in [1.807, 2.05) is 0 Å². The van der Waals surface area contributed by atoms with E-state index in [0.717, 1.165) is 16.2 Å². The molecule has 0 saturated carbocycles. The minimum atomic E-state index is -4.33. The Morgan fingerprint density at radius 3 is 2.44 bits per heavy atom. The number of halogens is 5. The molecule has 0 fully saturated rings. The van der Waals surface area contributed by atoms with Crippen LogP contribution in [0.4, 0.5) is 13.2 Å². The topological polar surface area (TPSA) is 20.3 Å². The highest BCUT2D eigenvalue weighted by Crippen LogP contribution is 2.31. The molecule has 0 saturated heterocycles. The van der Waals surface area contributed by atoms with Crippen LogP contribution in [0, 0.1) is 0 Å². The Bertz CT molecular complexity index is 433. The van der Waals surface area contributed by atoms with Gasteiger partial charge in [-0.05, 0) is 12.6 Å². The van der Waals surface area contributed by atoms with Crippen molar-refractivity contribution >= 4 is 40.3 Å². The van der Waals surface area contributed by atoms with Crippen molar-refractivity contribution < 1.29 is 18.0 Å². The average Bonchev–Trinajstić information content (AvgIpc) is 2.54. The molecule has 8 heteroatoms. The summed E-state index contributed by atoms with van der Waals surface area (Å²) in [6.07, 6.45) is -4.33. The third-order valence-corrected chi connectivity index (χ3v) is 3.66. The van der Waals surface area contributed by atoms with Gasteiger partial charge in [0.2, 0.25) is 0 Å². The van der Waals surface area contributed by atoms with Crippen LogP contribution in [0.1, 0.15) is 17.3 Å². The molecule has 0 aliphatic carbocycles. The maximum absolute atomic E-state index is 12.2. The summed E-state index contributed by atoms with van der Waals surface area (Å²) in [7, 11) is 0. The lowest BCUT2D eigenvalue weighted by Crippen LogP contribution is -2.37. The van der Waals surface area contributed by atoms with Crippen LogP contribution in [0.25, 0.3) is 0 Å². The molecule has 0 spiro atoms. The molecule has 0 bridgehead atoms. The van der Waals surface area contributed by atoms with Gasteiger partial charge in [0.15, 0.2) is 5.78 Å². The van der Waals surface area contributed by atoms with Gasteiger partial charge < -0.3 is 0 Å². The Morgan fingerprint density at radius 2 is 2.06 bits per heavy atom. The van der Waals surface area contributed by atoms with Crippen LogP contribution in [0.5, 0.6) is 0 Å². The molecule has 0 unspecified atom stereocenters. The van der Waals surface area contributed by atoms with Crippen molar-refractivity contribution in [1.29, 1.82) is 0 Å². The molecule has 0 atom stereocenters. The second-order valence-corrected chi connectivity index (χ2v) is 5.87. The van der Waals surface area contributed by atoms with Gasteiger partial charge in [0.25, 0.3) is 0 Å². The van der Waals surface area contributed by atoms with Gasteiger partial charge in [0, 0.05) is 0 Å². The standard InChI is InChI=1S/C10H10Cl2F3NOS/c1-2-16(5-10(13,14)15)4-7(17)6-3-8(11)18-9(6)12/h3H,2,4-5H2,1H3. The van der Waals surface area contributed by atoms with Crippen molar-refractivity contribution in [3.8, 4) is 0 Å². The Morgan fingerprint density at radius 1 is 1.44 bits per heavy atom. The van der Waals surface area contributed by atoms with Crippen LogP contribution in [0.15, 0.2) is 6.07 Å². The second-order valence-electron chi connectivity index (χ2n) is 3.58. The molecule has 0 amide bonds. The smallest absolute Gasteiger partial charge is 0.293 e. The molecule has 0 aliphatic heterocycles. The van der Waals surface area contributed by atoms with E-state index in [1.54, 1.807) is 6.92 Å². The van der Waals surface area contributed by atoms with E-state index < -0.39 is 18.5 Å². The zero-order valence-corrected chi connectivity index (χ0v) is 11.7. The first kappa shape index (κ1) is 15.8. The number of nitrogens with zero attached hydrogens (tertiary/aromatic N) is 1. The van der Waals surface area contributed by atoms with Gasteiger partial charge in [-0.15, -0.1) is 11.3 Å². The summed E-state index contributed by atoms with van der Waals surface area (Å²) in [5.41, 5.74) is 0.173. The van der Waals surface area contributed by atoms with Gasteiger partial charge in [-0.3, -0.25) is 9.69 Å². The summed E-state index contributed by atoms with van der Waals surface area (Å²) in [5, 5.41) is 0. The largest absolute Gasteiger partial charge is 0.401 e. The van der Waals surface area contributed by atoms with Crippen LogP contribution in [-0.4, -0.2) is 36.5 Å². The fourth-order valence-electron chi connectivity index (χ4n) is 1.35. The number of likely N-dealkylation sites (N-methyl/N-ethyl adjacent to an activating group) is 1. The average molecular weight is 320 g/mol. The number of ketones is 1. The molecule has 1 aromatic rings. The molecule has 102 valence electrons. The highest BCUT2D eigenvalue weighted by atomic mass is 35.5. The molecule has 0 N–H and O–H groups in total. The summed E-state index contributed by atoms with van der Waals surface area (Å²) in [5.74, 6) is -0.464. The Balaban J connectivity index is 2.71. The first-order valence-corrected chi connectivity index (χ1v) is 6.57. The summed E-state index contributed by atoms with van der Waals surface area (Å²) in [4.78, 5) is 12.8. The van der Waals surface area contributed by atoms with Crippen molar-refractivity contribution in [2.45, 2.75) is 13.1 Å². The van der Waals surface area contributed by atoms with Crippen LogP contribution < -0.4 is 0 Å². The molecule has 18 heavy (non-hydrogen) atoms. The van der Waals surface area contributed by atoms with Gasteiger partial charge in [-0.1, -0.05) is 30.1 Å². The molecule has 1 rings (SSSR count). The number of hydrogen-bond donors (Lipinski definition) is 0. The molecular weight excluding hydrogens is 310 g/mol. The third-order valence-electron chi connectivity index (χ3n) is 2.17. The van der Waals surface area contributed by atoms with Gasteiger partial charge in [-0.2, -0.15) is 13.2 Å². The number of Topliss-reactive ketones (excluding diaryl/α,β-unsaturated/α-hetero) is 1. The maximum atomic E-state index is 12.2. The van der Waals surface area contributed by atoms with E-state index >= 15 is 0 Å². The molecule has 1 heterocycles. The van der Waals surface area contributed by atoms with Gasteiger partial charge >= 0.3 is 6.18 Å². The maximum Gasteiger partial charge on any atom is 0.401 e. The molecule has 0 radical (unpaired) electrons. The van der Waals surface area contributed by atoms with E-state index in [4.69, 9.17) is 23.2 Å². The number of carbonyl (C=O) groups is 1. The highest BCUT2D eigenvalue weighted by Gasteiger charge is 2.31. The van der Waals surface area contributed by atoms with Gasteiger partial charge in [0.05, 0.1) is 23.0 Å². The SMILES string of the molecule is CCN(CC(=O)c1cc(Cl)sc1Cl)CC(F)(F)F. The Kier molecular flexibility index (Phi) is 5.46. The Labute approximate surface area is 116 Å². The van der Waals surface area contributed by atoms with Crippen molar-refractivity contribution in [3.05, 3.63) is 20.3 Å². The number of alkyl halides is 3. The second kappa shape index (κ2) is 6.23. The van der Waals surface area contributed by atoms with Crippen LogP contribution in [0.2, 0.25) is 8.67 Å². The van der Waals surface area contributed by atoms with Crippen LogP contribution in [-0.2, 0) is 0 Å². The monoisotopic (exact) mass is 319 g/mol. The quantitative estimate of drug-likeness (QED) is 0.761. The highest BCUT2D eigenvalue weighted by molar-refractivity contribution is 7.20. The lowest BCUT2D eigenvalue weighted by molar-refractivity contribution is -0.144. The van der Waals surface area contributed by atoms with Crippen molar-refractivity contribution in [1.82, 2.24) is 4.90 Å². The predicted molar refractivity (Wildman–Crippen MR) is 66.8 cm³/mol. The lowest BCUT2D eigenvalue weighted by Gasteiger charge is -2.20. The fraction of sp³-hybridized carbons (Fsp3) is 0.500. The fourth-order valence-corrected chi connectivity index (χ4v) is 2.85. The zero-order valence-electron chi connectivity index (χ0n) is 9.35. The van der Waals surface area contributed by atoms with Crippen LogP contribution >= 0.6 is 34.5 Å². The predicted octanol–water partition coefficient (Wildman–Crippen LogP) is 4.12. The Hall–Kier alpha value is -0.300. The first-order valence-electron chi connectivity index (χ1n) is 5.00. The minimum Gasteiger partial charge on any atom is -0.293 e. The number of carbonyl (C=O) groups excluding carboxylic acids is 1. The zero-order chi connectivity index (χ0) is 13.9. The van der Waals surface area contributed by atoms with Crippen molar-refractivity contribution in [2.24, 2.45) is 0 Å². The summed E-state index contributed by atoms with van der Waals surface area (Å²) in [6, 6.07) is 1.37. The minimum absolute atomic E-state index is 0.126. The van der Waals surface area contributed by atoms with Crippen molar-refractivity contribution in [3.63, 3.8) is 0 Å².